The Kier molecular flexibility index (Phi) is 5.87. The highest BCUT2D eigenvalue weighted by molar-refractivity contribution is 9.10. The van der Waals surface area contributed by atoms with Gasteiger partial charge in [-0.2, -0.15) is 0 Å². The molecule has 1 aliphatic heterocycles. The second-order valence-corrected chi connectivity index (χ2v) is 7.69. The molecular weight excluding hydrogens is 370 g/mol. The van der Waals surface area contributed by atoms with Gasteiger partial charge in [0.2, 0.25) is 5.91 Å². The van der Waals surface area contributed by atoms with E-state index in [4.69, 9.17) is 0 Å². The molecule has 2 fully saturated rings. The van der Waals surface area contributed by atoms with Crippen LogP contribution in [0.1, 0.15) is 48.9 Å². The number of hydrogen-bond acceptors (Lipinski definition) is 3. The zero-order valence-electron chi connectivity index (χ0n) is 13.9. The van der Waals surface area contributed by atoms with Crippen LogP contribution in [0.3, 0.4) is 0 Å². The zero-order chi connectivity index (χ0) is 16.9. The summed E-state index contributed by atoms with van der Waals surface area (Å²) in [6, 6.07) is 1.79. The lowest BCUT2D eigenvalue weighted by Gasteiger charge is -2.23. The van der Waals surface area contributed by atoms with E-state index in [2.05, 4.69) is 20.9 Å². The Morgan fingerprint density at radius 1 is 1.04 bits per heavy atom. The van der Waals surface area contributed by atoms with E-state index in [9.17, 15) is 9.59 Å². The van der Waals surface area contributed by atoms with Gasteiger partial charge in [0.25, 0.3) is 5.91 Å². The van der Waals surface area contributed by atoms with E-state index in [-0.39, 0.29) is 11.8 Å². The molecule has 1 saturated heterocycles. The molecule has 0 aromatic carbocycles. The molecule has 6 heteroatoms. The van der Waals surface area contributed by atoms with E-state index in [0.29, 0.717) is 37.5 Å². The number of halogens is 1. The van der Waals surface area contributed by atoms with Crippen LogP contribution < -0.4 is 0 Å². The molecule has 0 spiro atoms. The van der Waals surface area contributed by atoms with Gasteiger partial charge in [-0.05, 0) is 47.2 Å². The van der Waals surface area contributed by atoms with Crippen molar-refractivity contribution in [1.29, 1.82) is 0 Å². The molecule has 0 radical (unpaired) electrons. The lowest BCUT2D eigenvalue weighted by molar-refractivity contribution is -0.132. The largest absolute Gasteiger partial charge is 0.341 e. The molecule has 0 N–H and O–H groups in total. The average molecular weight is 394 g/mol. The molecule has 2 amide bonds. The van der Waals surface area contributed by atoms with Gasteiger partial charge in [0.1, 0.15) is 0 Å². The third-order valence-electron chi connectivity index (χ3n) is 5.03. The first-order chi connectivity index (χ1) is 11.6. The summed E-state index contributed by atoms with van der Waals surface area (Å²) in [6.45, 7) is 2.69. The predicted octanol–water partition coefficient (Wildman–Crippen LogP) is 3.10. The molecule has 130 valence electrons. The van der Waals surface area contributed by atoms with Gasteiger partial charge in [-0.25, -0.2) is 0 Å². The Morgan fingerprint density at radius 2 is 1.75 bits per heavy atom. The van der Waals surface area contributed by atoms with Crippen molar-refractivity contribution >= 4 is 27.7 Å². The van der Waals surface area contributed by atoms with Crippen LogP contribution in [0.15, 0.2) is 22.9 Å². The number of carbonyl (C=O) groups excluding carboxylic acids is 2. The van der Waals surface area contributed by atoms with Crippen LogP contribution in [0.2, 0.25) is 0 Å². The Morgan fingerprint density at radius 3 is 2.50 bits per heavy atom. The van der Waals surface area contributed by atoms with Crippen molar-refractivity contribution in [3.8, 4) is 0 Å². The number of aromatic nitrogens is 1. The quantitative estimate of drug-likeness (QED) is 0.792. The molecule has 24 heavy (non-hydrogen) atoms. The molecule has 1 saturated carbocycles. The third-order valence-corrected chi connectivity index (χ3v) is 5.46. The molecule has 0 unspecified atom stereocenters. The van der Waals surface area contributed by atoms with E-state index in [1.54, 1.807) is 18.5 Å². The van der Waals surface area contributed by atoms with Gasteiger partial charge in [-0.3, -0.25) is 14.6 Å². The van der Waals surface area contributed by atoms with Crippen molar-refractivity contribution in [2.75, 3.05) is 26.2 Å². The van der Waals surface area contributed by atoms with E-state index < -0.39 is 0 Å². The molecular formula is C18H24BrN3O2. The maximum atomic E-state index is 12.6. The fourth-order valence-corrected chi connectivity index (χ4v) is 4.04. The summed E-state index contributed by atoms with van der Waals surface area (Å²) in [5.74, 6) is 0.834. The predicted molar refractivity (Wildman–Crippen MR) is 95.6 cm³/mol. The lowest BCUT2D eigenvalue weighted by atomic mass is 10.0. The van der Waals surface area contributed by atoms with Crippen LogP contribution in [0.5, 0.6) is 0 Å². The smallest absolute Gasteiger partial charge is 0.255 e. The molecule has 5 nitrogen and oxygen atoms in total. The maximum absolute atomic E-state index is 12.6. The fraction of sp³-hybridized carbons (Fsp3) is 0.611. The fourth-order valence-electron chi connectivity index (χ4n) is 3.67. The lowest BCUT2D eigenvalue weighted by Crippen LogP contribution is -2.37. The summed E-state index contributed by atoms with van der Waals surface area (Å²) >= 11 is 3.35. The van der Waals surface area contributed by atoms with Gasteiger partial charge in [-0.1, -0.05) is 12.8 Å². The number of amides is 2. The van der Waals surface area contributed by atoms with Crippen molar-refractivity contribution in [1.82, 2.24) is 14.8 Å². The Hall–Kier alpha value is -1.43. The van der Waals surface area contributed by atoms with Gasteiger partial charge < -0.3 is 9.80 Å². The minimum absolute atomic E-state index is 0.00566. The third kappa shape index (κ3) is 4.35. The van der Waals surface area contributed by atoms with Crippen LogP contribution in [-0.4, -0.2) is 52.8 Å². The molecule has 0 atom stereocenters. The van der Waals surface area contributed by atoms with Crippen LogP contribution >= 0.6 is 15.9 Å². The monoisotopic (exact) mass is 393 g/mol. The first-order valence-electron chi connectivity index (χ1n) is 8.81. The highest BCUT2D eigenvalue weighted by atomic mass is 79.9. The normalized spacial score (nSPS) is 19.4. The van der Waals surface area contributed by atoms with Crippen molar-refractivity contribution in [2.45, 2.75) is 38.5 Å². The van der Waals surface area contributed by atoms with Crippen LogP contribution in [0, 0.1) is 5.92 Å². The van der Waals surface area contributed by atoms with E-state index >= 15 is 0 Å². The van der Waals surface area contributed by atoms with Crippen LogP contribution in [0.4, 0.5) is 0 Å². The molecule has 1 aromatic heterocycles. The van der Waals surface area contributed by atoms with Gasteiger partial charge in [0.15, 0.2) is 0 Å². The molecule has 2 heterocycles. The highest BCUT2D eigenvalue weighted by Gasteiger charge is 2.25. The Balaban J connectivity index is 1.56. The van der Waals surface area contributed by atoms with E-state index in [0.717, 1.165) is 17.4 Å². The number of pyridine rings is 1. The second kappa shape index (κ2) is 8.10. The summed E-state index contributed by atoms with van der Waals surface area (Å²) in [7, 11) is 0. The van der Waals surface area contributed by atoms with Crippen molar-refractivity contribution in [3.63, 3.8) is 0 Å². The maximum Gasteiger partial charge on any atom is 0.255 e. The Bertz CT molecular complexity index is 602. The second-order valence-electron chi connectivity index (χ2n) is 6.77. The molecule has 1 aliphatic carbocycles. The molecule has 0 bridgehead atoms. The van der Waals surface area contributed by atoms with Crippen molar-refractivity contribution in [3.05, 3.63) is 28.5 Å². The summed E-state index contributed by atoms with van der Waals surface area (Å²) in [5.41, 5.74) is 0.593. The first-order valence-corrected chi connectivity index (χ1v) is 9.60. The standard InChI is InChI=1S/C18H24BrN3O2/c19-16-11-15(12-20-13-16)18(24)22-7-3-6-21(8-9-22)17(23)10-14-4-1-2-5-14/h11-14H,1-10H2. The topological polar surface area (TPSA) is 53.5 Å². The molecule has 3 rings (SSSR count). The summed E-state index contributed by atoms with van der Waals surface area (Å²) in [4.78, 5) is 33.0. The minimum atomic E-state index is -0.00566. The summed E-state index contributed by atoms with van der Waals surface area (Å²) in [5, 5.41) is 0. The minimum Gasteiger partial charge on any atom is -0.341 e. The van der Waals surface area contributed by atoms with Crippen LogP contribution in [-0.2, 0) is 4.79 Å². The number of rotatable bonds is 3. The van der Waals surface area contributed by atoms with Gasteiger partial charge in [0.05, 0.1) is 5.56 Å². The summed E-state index contributed by atoms with van der Waals surface area (Å²) in [6.07, 6.45) is 9.71. The molecule has 2 aliphatic rings. The highest BCUT2D eigenvalue weighted by Crippen LogP contribution is 2.28. The first kappa shape index (κ1) is 17.4. The SMILES string of the molecule is O=C(CC1CCCC1)N1CCCN(C(=O)c2cncc(Br)c2)CC1. The number of nitrogens with zero attached hydrogens (tertiary/aromatic N) is 3. The number of hydrogen-bond donors (Lipinski definition) is 0. The summed E-state index contributed by atoms with van der Waals surface area (Å²) < 4.78 is 0.802. The average Bonchev–Trinajstić information content (AvgIpc) is 2.95. The van der Waals surface area contributed by atoms with E-state index in [1.165, 1.54) is 25.7 Å². The van der Waals surface area contributed by atoms with Crippen molar-refractivity contribution < 1.29 is 9.59 Å². The van der Waals surface area contributed by atoms with Crippen molar-refractivity contribution in [2.24, 2.45) is 5.92 Å². The van der Waals surface area contributed by atoms with E-state index in [1.807, 2.05) is 9.80 Å². The van der Waals surface area contributed by atoms with Crippen LogP contribution in [0.25, 0.3) is 0 Å². The zero-order valence-corrected chi connectivity index (χ0v) is 15.5. The van der Waals surface area contributed by atoms with Gasteiger partial charge in [-0.15, -0.1) is 0 Å². The Labute approximate surface area is 151 Å². The molecule has 1 aromatic rings. The van der Waals surface area contributed by atoms with Gasteiger partial charge in [0, 0.05) is 49.5 Å². The number of carbonyl (C=O) groups is 2. The van der Waals surface area contributed by atoms with Gasteiger partial charge >= 0.3 is 0 Å².